The van der Waals surface area contributed by atoms with Crippen LogP contribution in [0.25, 0.3) is 16.7 Å². The number of anilines is 1. The quantitative estimate of drug-likeness (QED) is 0.446. The number of nitrogens with zero attached hydrogens (tertiary/aromatic N) is 3. The Morgan fingerprint density at radius 2 is 1.66 bits per heavy atom. The Labute approximate surface area is 178 Å². The van der Waals surface area contributed by atoms with Gasteiger partial charge in [-0.3, -0.25) is 4.79 Å². The molecule has 1 N–H and O–H groups in total. The molecule has 1 aromatic heterocycles. The SMILES string of the molecule is CCc1ccc(-n2nc3cc(C)c(NC(=O)c4ccc(Cl)c(Cl)c4)cc3n2)cc1. The molecule has 3 aromatic carbocycles. The third-order valence-electron chi connectivity index (χ3n) is 4.73. The van der Waals surface area contributed by atoms with Crippen molar-refractivity contribution >= 4 is 45.8 Å². The van der Waals surface area contributed by atoms with E-state index in [9.17, 15) is 4.79 Å². The molecule has 0 saturated heterocycles. The topological polar surface area (TPSA) is 59.8 Å². The summed E-state index contributed by atoms with van der Waals surface area (Å²) in [7, 11) is 0. The van der Waals surface area contributed by atoms with Gasteiger partial charge in [0.2, 0.25) is 0 Å². The number of amides is 1. The zero-order valence-electron chi connectivity index (χ0n) is 15.9. The first-order chi connectivity index (χ1) is 13.9. The molecule has 7 heteroatoms. The Kier molecular flexibility index (Phi) is 5.26. The summed E-state index contributed by atoms with van der Waals surface area (Å²) in [6.45, 7) is 4.03. The summed E-state index contributed by atoms with van der Waals surface area (Å²) in [4.78, 5) is 14.2. The summed E-state index contributed by atoms with van der Waals surface area (Å²) in [5.41, 5.74) is 5.58. The Bertz CT molecular complexity index is 1220. The third kappa shape index (κ3) is 3.97. The van der Waals surface area contributed by atoms with E-state index in [2.05, 4.69) is 34.6 Å². The predicted molar refractivity (Wildman–Crippen MR) is 117 cm³/mol. The summed E-state index contributed by atoms with van der Waals surface area (Å²) in [6.07, 6.45) is 0.982. The van der Waals surface area contributed by atoms with E-state index in [-0.39, 0.29) is 5.91 Å². The Morgan fingerprint density at radius 1 is 0.966 bits per heavy atom. The van der Waals surface area contributed by atoms with Crippen LogP contribution in [0.15, 0.2) is 54.6 Å². The lowest BCUT2D eigenvalue weighted by Crippen LogP contribution is -2.12. The lowest BCUT2D eigenvalue weighted by Gasteiger charge is -2.08. The number of carbonyl (C=O) groups is 1. The van der Waals surface area contributed by atoms with Crippen LogP contribution in [0.5, 0.6) is 0 Å². The van der Waals surface area contributed by atoms with Gasteiger partial charge in [-0.25, -0.2) is 0 Å². The largest absolute Gasteiger partial charge is 0.322 e. The number of hydrogen-bond donors (Lipinski definition) is 1. The fraction of sp³-hybridized carbons (Fsp3) is 0.136. The summed E-state index contributed by atoms with van der Waals surface area (Å²) >= 11 is 11.9. The Hall–Kier alpha value is -2.89. The van der Waals surface area contributed by atoms with Crippen LogP contribution >= 0.6 is 23.2 Å². The highest BCUT2D eigenvalue weighted by molar-refractivity contribution is 6.42. The number of aryl methyl sites for hydroxylation is 2. The first-order valence-corrected chi connectivity index (χ1v) is 9.93. The Balaban J connectivity index is 1.64. The maximum Gasteiger partial charge on any atom is 0.255 e. The van der Waals surface area contributed by atoms with Gasteiger partial charge < -0.3 is 5.32 Å². The van der Waals surface area contributed by atoms with Gasteiger partial charge in [0, 0.05) is 11.3 Å². The van der Waals surface area contributed by atoms with Gasteiger partial charge in [-0.05, 0) is 66.9 Å². The minimum atomic E-state index is -0.270. The molecular weight excluding hydrogens is 407 g/mol. The molecule has 146 valence electrons. The van der Waals surface area contributed by atoms with Crippen LogP contribution in [-0.2, 0) is 6.42 Å². The molecule has 1 heterocycles. The van der Waals surface area contributed by atoms with Gasteiger partial charge in [0.25, 0.3) is 5.91 Å². The van der Waals surface area contributed by atoms with Gasteiger partial charge in [-0.2, -0.15) is 4.80 Å². The summed E-state index contributed by atoms with van der Waals surface area (Å²) < 4.78 is 0. The molecule has 1 amide bonds. The number of nitrogens with one attached hydrogen (secondary N) is 1. The van der Waals surface area contributed by atoms with E-state index in [0.29, 0.717) is 26.8 Å². The molecule has 0 aliphatic rings. The van der Waals surface area contributed by atoms with E-state index in [0.717, 1.165) is 23.2 Å². The average Bonchev–Trinajstić information content (AvgIpc) is 3.13. The van der Waals surface area contributed by atoms with Crippen molar-refractivity contribution in [2.24, 2.45) is 0 Å². The smallest absolute Gasteiger partial charge is 0.255 e. The minimum absolute atomic E-state index is 0.270. The number of fused-ring (bicyclic) bond motifs is 1. The zero-order chi connectivity index (χ0) is 20.5. The van der Waals surface area contributed by atoms with Gasteiger partial charge >= 0.3 is 0 Å². The fourth-order valence-electron chi connectivity index (χ4n) is 3.01. The number of aromatic nitrogens is 3. The molecule has 0 atom stereocenters. The molecule has 0 unspecified atom stereocenters. The fourth-order valence-corrected chi connectivity index (χ4v) is 3.31. The predicted octanol–water partition coefficient (Wildman–Crippen LogP) is 5.85. The van der Waals surface area contributed by atoms with E-state index < -0.39 is 0 Å². The number of hydrogen-bond acceptors (Lipinski definition) is 3. The molecule has 5 nitrogen and oxygen atoms in total. The van der Waals surface area contributed by atoms with E-state index in [1.54, 1.807) is 23.0 Å². The highest BCUT2D eigenvalue weighted by Crippen LogP contribution is 2.25. The molecule has 29 heavy (non-hydrogen) atoms. The van der Waals surface area contributed by atoms with Crippen molar-refractivity contribution in [3.63, 3.8) is 0 Å². The maximum atomic E-state index is 12.6. The summed E-state index contributed by atoms with van der Waals surface area (Å²) in [6, 6.07) is 16.6. The number of carbonyl (C=O) groups excluding carboxylic acids is 1. The van der Waals surface area contributed by atoms with Crippen molar-refractivity contribution in [2.45, 2.75) is 20.3 Å². The molecule has 0 bridgehead atoms. The molecule has 0 radical (unpaired) electrons. The van der Waals surface area contributed by atoms with Crippen molar-refractivity contribution in [1.29, 1.82) is 0 Å². The second kappa shape index (κ2) is 7.85. The van der Waals surface area contributed by atoms with E-state index in [4.69, 9.17) is 23.2 Å². The monoisotopic (exact) mass is 424 g/mol. The summed E-state index contributed by atoms with van der Waals surface area (Å²) in [5.74, 6) is -0.270. The van der Waals surface area contributed by atoms with Crippen LogP contribution in [0.1, 0.15) is 28.4 Å². The molecule has 4 aromatic rings. The van der Waals surface area contributed by atoms with Gasteiger partial charge in [-0.1, -0.05) is 42.3 Å². The Morgan fingerprint density at radius 3 is 2.31 bits per heavy atom. The minimum Gasteiger partial charge on any atom is -0.322 e. The van der Waals surface area contributed by atoms with E-state index >= 15 is 0 Å². The van der Waals surface area contributed by atoms with Crippen LogP contribution in [0.3, 0.4) is 0 Å². The molecule has 0 fully saturated rings. The van der Waals surface area contributed by atoms with Crippen LogP contribution in [0, 0.1) is 6.92 Å². The van der Waals surface area contributed by atoms with Gasteiger partial charge in [-0.15, -0.1) is 10.2 Å². The van der Waals surface area contributed by atoms with Crippen molar-refractivity contribution < 1.29 is 4.79 Å². The van der Waals surface area contributed by atoms with Crippen molar-refractivity contribution in [3.8, 4) is 5.69 Å². The number of benzene rings is 3. The standard InChI is InChI=1S/C22H18Cl2N4O/c1-3-14-4-7-16(8-5-14)28-26-20-10-13(2)19(12-21(20)27-28)25-22(29)15-6-9-17(23)18(24)11-15/h4-12H,3H2,1-2H3,(H,25,29). The van der Waals surface area contributed by atoms with Crippen molar-refractivity contribution in [3.05, 3.63) is 81.3 Å². The van der Waals surface area contributed by atoms with Crippen LogP contribution < -0.4 is 5.32 Å². The second-order valence-electron chi connectivity index (χ2n) is 6.75. The molecular formula is C22H18Cl2N4O. The first-order valence-electron chi connectivity index (χ1n) is 9.18. The van der Waals surface area contributed by atoms with E-state index in [1.165, 1.54) is 5.56 Å². The average molecular weight is 425 g/mol. The second-order valence-corrected chi connectivity index (χ2v) is 7.56. The third-order valence-corrected chi connectivity index (χ3v) is 5.47. The molecule has 0 saturated carbocycles. The molecule has 0 aliphatic carbocycles. The lowest BCUT2D eigenvalue weighted by atomic mass is 10.1. The molecule has 4 rings (SSSR count). The highest BCUT2D eigenvalue weighted by Gasteiger charge is 2.13. The highest BCUT2D eigenvalue weighted by atomic mass is 35.5. The van der Waals surface area contributed by atoms with E-state index in [1.807, 2.05) is 31.2 Å². The molecule has 0 aliphatic heterocycles. The number of halogens is 2. The van der Waals surface area contributed by atoms with Crippen molar-refractivity contribution in [1.82, 2.24) is 15.0 Å². The maximum absolute atomic E-state index is 12.6. The lowest BCUT2D eigenvalue weighted by molar-refractivity contribution is 0.102. The number of rotatable bonds is 4. The summed E-state index contributed by atoms with van der Waals surface area (Å²) in [5, 5.41) is 12.8. The van der Waals surface area contributed by atoms with Crippen LogP contribution in [0.4, 0.5) is 5.69 Å². The molecule has 0 spiro atoms. The van der Waals surface area contributed by atoms with Gasteiger partial charge in [0.1, 0.15) is 11.0 Å². The van der Waals surface area contributed by atoms with Crippen LogP contribution in [-0.4, -0.2) is 20.9 Å². The van der Waals surface area contributed by atoms with Crippen molar-refractivity contribution in [2.75, 3.05) is 5.32 Å². The first kappa shape index (κ1) is 19.4. The normalized spacial score (nSPS) is 11.0. The van der Waals surface area contributed by atoms with Gasteiger partial charge in [0.05, 0.1) is 15.7 Å². The van der Waals surface area contributed by atoms with Gasteiger partial charge in [0.15, 0.2) is 0 Å². The van der Waals surface area contributed by atoms with Crippen LogP contribution in [0.2, 0.25) is 10.0 Å². The zero-order valence-corrected chi connectivity index (χ0v) is 17.4.